The quantitative estimate of drug-likeness (QED) is 0.601. The molecule has 0 unspecified atom stereocenters. The van der Waals surface area contributed by atoms with Gasteiger partial charge in [0.2, 0.25) is 5.91 Å². The third-order valence-corrected chi connectivity index (χ3v) is 7.88. The van der Waals surface area contributed by atoms with E-state index < -0.39 is 10.0 Å². The van der Waals surface area contributed by atoms with Crippen LogP contribution in [0, 0.1) is 0 Å². The summed E-state index contributed by atoms with van der Waals surface area (Å²) in [7, 11) is -3.74. The molecule has 2 aliphatic heterocycles. The average Bonchev–Trinajstić information content (AvgIpc) is 3.48. The number of thiazole rings is 1. The lowest BCUT2D eigenvalue weighted by atomic mass is 10.1. The fraction of sp³-hybridized carbons (Fsp3) is 0.238. The van der Waals surface area contributed by atoms with Crippen LogP contribution in [0.3, 0.4) is 0 Å². The van der Waals surface area contributed by atoms with Crippen molar-refractivity contribution in [1.29, 1.82) is 0 Å². The van der Waals surface area contributed by atoms with Gasteiger partial charge in [0.25, 0.3) is 10.0 Å². The van der Waals surface area contributed by atoms with Crippen LogP contribution in [0.1, 0.15) is 16.3 Å². The summed E-state index contributed by atoms with van der Waals surface area (Å²) in [5.41, 5.74) is 2.46. The van der Waals surface area contributed by atoms with Gasteiger partial charge in [-0.05, 0) is 49.2 Å². The molecule has 0 spiro atoms. The molecule has 0 radical (unpaired) electrons. The van der Waals surface area contributed by atoms with Crippen molar-refractivity contribution >= 4 is 43.8 Å². The Morgan fingerprint density at radius 1 is 1.16 bits per heavy atom. The van der Waals surface area contributed by atoms with E-state index in [2.05, 4.69) is 14.6 Å². The minimum Gasteiger partial charge on any atom is -0.508 e. The van der Waals surface area contributed by atoms with Gasteiger partial charge >= 0.3 is 0 Å². The smallest absolute Gasteiger partial charge is 0.263 e. The first-order chi connectivity index (χ1) is 14.9. The zero-order chi connectivity index (χ0) is 21.6. The number of phenols is 1. The summed E-state index contributed by atoms with van der Waals surface area (Å²) in [6.45, 7) is 1.24. The van der Waals surface area contributed by atoms with Gasteiger partial charge in [-0.2, -0.15) is 0 Å². The number of aromatic hydroxyl groups is 1. The van der Waals surface area contributed by atoms with Crippen molar-refractivity contribution in [3.05, 3.63) is 59.6 Å². The topological polar surface area (TPSA) is 103 Å². The van der Waals surface area contributed by atoms with Gasteiger partial charge in [0.05, 0.1) is 4.90 Å². The van der Waals surface area contributed by atoms with Crippen LogP contribution in [0.25, 0.3) is 0 Å². The van der Waals surface area contributed by atoms with Gasteiger partial charge in [-0.3, -0.25) is 9.52 Å². The summed E-state index contributed by atoms with van der Waals surface area (Å²) < 4.78 is 27.5. The second-order valence-corrected chi connectivity index (χ2v) is 10.0. The van der Waals surface area contributed by atoms with Crippen LogP contribution in [0.15, 0.2) is 58.9 Å². The number of nitrogens with one attached hydrogen (secondary N) is 1. The highest BCUT2D eigenvalue weighted by molar-refractivity contribution is 7.93. The SMILES string of the molecule is O=C1[C@@H](N2CCc3c(O)cccc32)CCN1c1ccc(S(=O)(=O)Nc2nccs2)cc1.[HH].[HH].[HH]. The zero-order valence-electron chi connectivity index (χ0n) is 16.4. The predicted octanol–water partition coefficient (Wildman–Crippen LogP) is 3.56. The van der Waals surface area contributed by atoms with Gasteiger partial charge in [-0.1, -0.05) is 6.07 Å². The van der Waals surface area contributed by atoms with Crippen LogP contribution < -0.4 is 14.5 Å². The summed E-state index contributed by atoms with van der Waals surface area (Å²) in [4.78, 5) is 21.0. The van der Waals surface area contributed by atoms with Gasteiger partial charge in [0.15, 0.2) is 5.13 Å². The second-order valence-electron chi connectivity index (χ2n) is 7.45. The summed E-state index contributed by atoms with van der Waals surface area (Å²) in [6.07, 6.45) is 2.91. The third kappa shape index (κ3) is 3.51. The van der Waals surface area contributed by atoms with Gasteiger partial charge < -0.3 is 14.9 Å². The number of benzene rings is 2. The van der Waals surface area contributed by atoms with Crippen molar-refractivity contribution in [2.75, 3.05) is 27.6 Å². The molecule has 0 bridgehead atoms. The van der Waals surface area contributed by atoms with Crippen LogP contribution in [-0.4, -0.2) is 43.5 Å². The highest BCUT2D eigenvalue weighted by Gasteiger charge is 2.39. The largest absolute Gasteiger partial charge is 0.508 e. The molecule has 3 aromatic rings. The Bertz CT molecular complexity index is 1240. The van der Waals surface area contributed by atoms with E-state index in [1.165, 1.54) is 29.7 Å². The van der Waals surface area contributed by atoms with Crippen LogP contribution in [-0.2, 0) is 21.2 Å². The molecule has 1 aromatic heterocycles. The van der Waals surface area contributed by atoms with Gasteiger partial charge in [0, 0.05) is 45.9 Å². The fourth-order valence-electron chi connectivity index (χ4n) is 4.23. The number of amides is 1. The summed E-state index contributed by atoms with van der Waals surface area (Å²) >= 11 is 1.20. The van der Waals surface area contributed by atoms with E-state index in [9.17, 15) is 18.3 Å². The summed E-state index contributed by atoms with van der Waals surface area (Å²) in [6, 6.07) is 11.4. The second kappa shape index (κ2) is 7.54. The number of nitrogens with zero attached hydrogens (tertiary/aromatic N) is 3. The Morgan fingerprint density at radius 2 is 1.97 bits per heavy atom. The molecule has 0 saturated carbocycles. The van der Waals surface area contributed by atoms with Gasteiger partial charge in [0.1, 0.15) is 11.8 Å². The molecule has 3 heterocycles. The number of sulfonamides is 1. The van der Waals surface area contributed by atoms with Gasteiger partial charge in [-0.25, -0.2) is 13.4 Å². The van der Waals surface area contributed by atoms with E-state index in [0.29, 0.717) is 36.8 Å². The first kappa shape index (κ1) is 19.8. The number of carbonyl (C=O) groups is 1. The van der Waals surface area contributed by atoms with Crippen molar-refractivity contribution in [3.8, 4) is 5.75 Å². The first-order valence-electron chi connectivity index (χ1n) is 9.85. The monoisotopic (exact) mass is 462 g/mol. The van der Waals surface area contributed by atoms with E-state index in [-0.39, 0.29) is 26.9 Å². The molecular weight excluding hydrogens is 436 g/mol. The van der Waals surface area contributed by atoms with E-state index in [4.69, 9.17) is 0 Å². The minimum absolute atomic E-state index is 0. The molecule has 2 N–H and O–H groups in total. The van der Waals surface area contributed by atoms with Crippen molar-refractivity contribution in [2.45, 2.75) is 23.8 Å². The van der Waals surface area contributed by atoms with E-state index >= 15 is 0 Å². The molecule has 0 aliphatic carbocycles. The molecule has 10 heteroatoms. The fourth-order valence-corrected chi connectivity index (χ4v) is 6.02. The number of rotatable bonds is 5. The summed E-state index contributed by atoms with van der Waals surface area (Å²) in [5.74, 6) is 0.248. The molecule has 1 atom stereocenters. The van der Waals surface area contributed by atoms with Crippen LogP contribution >= 0.6 is 11.3 Å². The lowest BCUT2D eigenvalue weighted by Gasteiger charge is -2.26. The maximum Gasteiger partial charge on any atom is 0.263 e. The first-order valence-corrected chi connectivity index (χ1v) is 12.2. The maximum absolute atomic E-state index is 13.2. The standard InChI is InChI=1S/C21H20N4O4S2.3H2/c26-19-3-1-2-17-16(19)8-11-25(17)18-9-12-24(20(18)27)14-4-6-15(7-5-14)31(28,29)23-21-22-10-13-30-21;;;/h1-7,10,13,18,26H,8-9,11-12H2,(H,22,23);3*1H/t18-;;;/m0.../s1. The number of fused-ring (bicyclic) bond motifs is 1. The number of phenolic OH excluding ortho intramolecular Hbond substituents is 1. The normalized spacial score (nSPS) is 18.5. The molecule has 2 aromatic carbocycles. The predicted molar refractivity (Wildman–Crippen MR) is 126 cm³/mol. The molecule has 31 heavy (non-hydrogen) atoms. The third-order valence-electron chi connectivity index (χ3n) is 5.70. The molecule has 2 aliphatic rings. The Morgan fingerprint density at radius 3 is 2.71 bits per heavy atom. The highest BCUT2D eigenvalue weighted by Crippen LogP contribution is 2.38. The molecule has 1 saturated heterocycles. The molecule has 8 nitrogen and oxygen atoms in total. The number of hydrogen-bond acceptors (Lipinski definition) is 7. The average molecular weight is 463 g/mol. The van der Waals surface area contributed by atoms with E-state index in [1.807, 2.05) is 6.07 Å². The van der Waals surface area contributed by atoms with Crippen LogP contribution in [0.2, 0.25) is 0 Å². The van der Waals surface area contributed by atoms with Crippen molar-refractivity contribution in [2.24, 2.45) is 0 Å². The van der Waals surface area contributed by atoms with Crippen molar-refractivity contribution < 1.29 is 22.6 Å². The molecule has 1 amide bonds. The number of carbonyl (C=O) groups excluding carboxylic acids is 1. The van der Waals surface area contributed by atoms with Gasteiger partial charge in [-0.15, -0.1) is 11.3 Å². The number of anilines is 3. The molecule has 166 valence electrons. The Hall–Kier alpha value is -3.11. The van der Waals surface area contributed by atoms with Crippen molar-refractivity contribution in [1.82, 2.24) is 4.98 Å². The highest BCUT2D eigenvalue weighted by atomic mass is 32.2. The van der Waals surface area contributed by atoms with Crippen molar-refractivity contribution in [3.63, 3.8) is 0 Å². The van der Waals surface area contributed by atoms with Crippen LogP contribution in [0.5, 0.6) is 5.75 Å². The minimum atomic E-state index is -3.74. The Labute approximate surface area is 188 Å². The number of aromatic nitrogens is 1. The Balaban J connectivity index is 0.00000136. The molecular formula is C21H26N4O4S2. The summed E-state index contributed by atoms with van der Waals surface area (Å²) in [5, 5.41) is 12.1. The number of hydrogen-bond donors (Lipinski definition) is 2. The maximum atomic E-state index is 13.2. The Kier molecular flexibility index (Phi) is 4.82. The lowest BCUT2D eigenvalue weighted by Crippen LogP contribution is -2.41. The molecule has 1 fully saturated rings. The van der Waals surface area contributed by atoms with E-state index in [1.54, 1.807) is 34.5 Å². The van der Waals surface area contributed by atoms with Crippen LogP contribution in [0.4, 0.5) is 16.5 Å². The molecule has 5 rings (SSSR count). The lowest BCUT2D eigenvalue weighted by molar-refractivity contribution is -0.118. The van der Waals surface area contributed by atoms with E-state index in [0.717, 1.165) is 11.3 Å². The zero-order valence-corrected chi connectivity index (χ0v) is 18.1.